The summed E-state index contributed by atoms with van der Waals surface area (Å²) >= 11 is 1.25. The summed E-state index contributed by atoms with van der Waals surface area (Å²) in [6.45, 7) is 1.88. The molecule has 0 amide bonds. The van der Waals surface area contributed by atoms with Crippen molar-refractivity contribution in [2.75, 3.05) is 0 Å². The van der Waals surface area contributed by atoms with Crippen LogP contribution >= 0.6 is 11.3 Å². The first-order valence-electron chi connectivity index (χ1n) is 7.74. The predicted octanol–water partition coefficient (Wildman–Crippen LogP) is 1.95. The molecule has 0 aliphatic carbocycles. The lowest BCUT2D eigenvalue weighted by atomic mass is 10.1. The minimum absolute atomic E-state index is 0.126. The van der Waals surface area contributed by atoms with E-state index in [1.807, 2.05) is 25.1 Å². The van der Waals surface area contributed by atoms with Crippen LogP contribution in [0.1, 0.15) is 21.5 Å². The lowest BCUT2D eigenvalue weighted by molar-refractivity contribution is 0.106. The molecule has 0 unspecified atom stereocenters. The van der Waals surface area contributed by atoms with Crippen molar-refractivity contribution in [3.05, 3.63) is 84.8 Å². The Morgan fingerprint density at radius 3 is 2.64 bits per heavy atom. The van der Waals surface area contributed by atoms with Crippen molar-refractivity contribution in [3.8, 4) is 5.75 Å². The van der Waals surface area contributed by atoms with E-state index in [2.05, 4.69) is 0 Å². The smallest absolute Gasteiger partial charge is 0.268 e. The van der Waals surface area contributed by atoms with Gasteiger partial charge in [0, 0.05) is 18.7 Å². The highest BCUT2D eigenvalue weighted by atomic mass is 32.1. The van der Waals surface area contributed by atoms with Crippen molar-refractivity contribution in [2.45, 2.75) is 6.92 Å². The lowest BCUT2D eigenvalue weighted by Crippen LogP contribution is -2.29. The van der Waals surface area contributed by atoms with Gasteiger partial charge in [0.1, 0.15) is 10.4 Å². The summed E-state index contributed by atoms with van der Waals surface area (Å²) in [5.74, 6) is 0.0162. The second kappa shape index (κ2) is 6.91. The fourth-order valence-electron chi connectivity index (χ4n) is 2.51. The van der Waals surface area contributed by atoms with Crippen LogP contribution in [0.4, 0.5) is 0 Å². The molecule has 4 nitrogen and oxygen atoms in total. The minimum Gasteiger partial charge on any atom is -0.508 e. The molecule has 0 fully saturated rings. The van der Waals surface area contributed by atoms with Gasteiger partial charge in [0.25, 0.3) is 5.56 Å². The first kappa shape index (κ1) is 16.9. The van der Waals surface area contributed by atoms with E-state index in [0.29, 0.717) is 14.8 Å². The molecule has 0 atom stereocenters. The number of rotatable bonds is 3. The third-order valence-electron chi connectivity index (χ3n) is 3.89. The van der Waals surface area contributed by atoms with Gasteiger partial charge in [-0.3, -0.25) is 9.59 Å². The largest absolute Gasteiger partial charge is 0.508 e. The molecule has 1 heterocycles. The Balaban J connectivity index is 2.09. The van der Waals surface area contributed by atoms with Crippen LogP contribution < -0.4 is 14.8 Å². The van der Waals surface area contributed by atoms with E-state index in [1.54, 1.807) is 43.5 Å². The lowest BCUT2D eigenvalue weighted by Gasteiger charge is -1.99. The number of hydrogen-bond acceptors (Lipinski definition) is 4. The Kier molecular flexibility index (Phi) is 4.67. The molecule has 0 saturated carbocycles. The van der Waals surface area contributed by atoms with Crippen LogP contribution in [0, 0.1) is 6.92 Å². The summed E-state index contributed by atoms with van der Waals surface area (Å²) in [7, 11) is 1.65. The molecule has 3 rings (SSSR count). The number of hydrogen-bond donors (Lipinski definition) is 1. The highest BCUT2D eigenvalue weighted by molar-refractivity contribution is 7.07. The standard InChI is InChI=1S/C20H17NO3S/c1-13-6-3-4-9-16(13)17(23)12-19-21(2)20(24)18(25-19)11-14-7-5-8-15(22)10-14/h3-12,22H,1-2H3/b18-11-,19-12-. The van der Waals surface area contributed by atoms with Crippen molar-refractivity contribution in [1.29, 1.82) is 0 Å². The number of carbonyl (C=O) groups excluding carboxylic acids is 1. The Morgan fingerprint density at radius 2 is 1.92 bits per heavy atom. The van der Waals surface area contributed by atoms with E-state index < -0.39 is 0 Å². The molecule has 0 spiro atoms. The SMILES string of the molecule is Cc1ccccc1C(=O)/C=c1\s/c(=C\c2cccc(O)c2)c(=O)n1C. The third kappa shape index (κ3) is 3.61. The summed E-state index contributed by atoms with van der Waals surface area (Å²) in [6.07, 6.45) is 3.20. The Morgan fingerprint density at radius 1 is 1.16 bits per heavy atom. The maximum Gasteiger partial charge on any atom is 0.268 e. The van der Waals surface area contributed by atoms with Crippen LogP contribution in [0.15, 0.2) is 53.3 Å². The van der Waals surface area contributed by atoms with Gasteiger partial charge in [0.2, 0.25) is 0 Å². The molecular weight excluding hydrogens is 334 g/mol. The average molecular weight is 351 g/mol. The van der Waals surface area contributed by atoms with Crippen LogP contribution in [0.25, 0.3) is 12.2 Å². The topological polar surface area (TPSA) is 59.3 Å². The van der Waals surface area contributed by atoms with Crippen molar-refractivity contribution >= 4 is 29.3 Å². The van der Waals surface area contributed by atoms with E-state index >= 15 is 0 Å². The molecule has 126 valence electrons. The third-order valence-corrected chi connectivity index (χ3v) is 5.01. The van der Waals surface area contributed by atoms with Gasteiger partial charge in [-0.2, -0.15) is 0 Å². The normalized spacial score (nSPS) is 12.6. The van der Waals surface area contributed by atoms with Crippen molar-refractivity contribution < 1.29 is 9.90 Å². The van der Waals surface area contributed by atoms with E-state index in [1.165, 1.54) is 22.0 Å². The summed E-state index contributed by atoms with van der Waals surface area (Å²) in [4.78, 5) is 24.9. The summed E-state index contributed by atoms with van der Waals surface area (Å²) in [6, 6.07) is 14.0. The first-order chi connectivity index (χ1) is 12.0. The van der Waals surface area contributed by atoms with Gasteiger partial charge in [-0.15, -0.1) is 11.3 Å². The fraction of sp³-hybridized carbons (Fsp3) is 0.100. The van der Waals surface area contributed by atoms with Crippen LogP contribution in [0.2, 0.25) is 0 Å². The number of carbonyl (C=O) groups is 1. The van der Waals surface area contributed by atoms with E-state index in [9.17, 15) is 14.7 Å². The Bertz CT molecular complexity index is 1120. The van der Waals surface area contributed by atoms with Gasteiger partial charge in [-0.25, -0.2) is 0 Å². The molecular formula is C20H17NO3S. The maximum absolute atomic E-state index is 12.5. The molecule has 0 bridgehead atoms. The number of aryl methyl sites for hydroxylation is 1. The molecule has 0 radical (unpaired) electrons. The number of phenols is 1. The van der Waals surface area contributed by atoms with Gasteiger partial charge >= 0.3 is 0 Å². The van der Waals surface area contributed by atoms with Gasteiger partial charge in [0.05, 0.1) is 4.53 Å². The Hall–Kier alpha value is -2.92. The Labute approximate surface area is 148 Å². The zero-order valence-corrected chi connectivity index (χ0v) is 14.7. The van der Waals surface area contributed by atoms with E-state index in [-0.39, 0.29) is 17.1 Å². The van der Waals surface area contributed by atoms with Gasteiger partial charge in [0.15, 0.2) is 5.78 Å². The number of phenolic OH excluding ortho intramolecular Hbond substituents is 1. The van der Waals surface area contributed by atoms with Crippen molar-refractivity contribution in [1.82, 2.24) is 4.57 Å². The number of thiazole rings is 1. The molecule has 25 heavy (non-hydrogen) atoms. The maximum atomic E-state index is 12.5. The molecule has 0 saturated heterocycles. The summed E-state index contributed by atoms with van der Waals surface area (Å²) in [5, 5.41) is 9.54. The zero-order chi connectivity index (χ0) is 18.0. The molecule has 1 N–H and O–H groups in total. The number of ketones is 1. The second-order valence-corrected chi connectivity index (χ2v) is 6.79. The van der Waals surface area contributed by atoms with Crippen molar-refractivity contribution in [3.63, 3.8) is 0 Å². The quantitative estimate of drug-likeness (QED) is 0.734. The van der Waals surface area contributed by atoms with Crippen LogP contribution in [0.5, 0.6) is 5.75 Å². The van der Waals surface area contributed by atoms with Crippen LogP contribution in [0.3, 0.4) is 0 Å². The van der Waals surface area contributed by atoms with Gasteiger partial charge < -0.3 is 9.67 Å². The number of aromatic hydroxyl groups is 1. The van der Waals surface area contributed by atoms with E-state index in [4.69, 9.17) is 0 Å². The number of benzene rings is 2. The van der Waals surface area contributed by atoms with Crippen LogP contribution in [-0.4, -0.2) is 15.5 Å². The number of nitrogens with zero attached hydrogens (tertiary/aromatic N) is 1. The fourth-order valence-corrected chi connectivity index (χ4v) is 3.54. The van der Waals surface area contributed by atoms with E-state index in [0.717, 1.165) is 11.1 Å². The monoisotopic (exact) mass is 351 g/mol. The summed E-state index contributed by atoms with van der Waals surface area (Å²) in [5.41, 5.74) is 2.09. The molecule has 3 aromatic rings. The first-order valence-corrected chi connectivity index (χ1v) is 8.55. The van der Waals surface area contributed by atoms with Crippen molar-refractivity contribution in [2.24, 2.45) is 7.05 Å². The molecule has 0 aliphatic rings. The zero-order valence-electron chi connectivity index (χ0n) is 13.9. The number of Topliss-reactive ketones (excluding diaryl/α,β-unsaturated/α-hetero) is 1. The number of aromatic nitrogens is 1. The highest BCUT2D eigenvalue weighted by Crippen LogP contribution is 2.11. The minimum atomic E-state index is -0.169. The molecule has 5 heteroatoms. The highest BCUT2D eigenvalue weighted by Gasteiger charge is 2.07. The van der Waals surface area contributed by atoms with Gasteiger partial charge in [-0.1, -0.05) is 36.4 Å². The summed E-state index contributed by atoms with van der Waals surface area (Å²) < 4.78 is 2.57. The second-order valence-electron chi connectivity index (χ2n) is 5.73. The van der Waals surface area contributed by atoms with Gasteiger partial charge in [-0.05, 0) is 36.3 Å². The molecule has 2 aromatic carbocycles. The van der Waals surface area contributed by atoms with Crippen LogP contribution in [-0.2, 0) is 7.05 Å². The predicted molar refractivity (Wildman–Crippen MR) is 100 cm³/mol. The molecule has 0 aliphatic heterocycles. The average Bonchev–Trinajstić information content (AvgIpc) is 2.83. The molecule has 1 aromatic heterocycles.